The van der Waals surface area contributed by atoms with Crippen LogP contribution in [0.3, 0.4) is 0 Å². The molecule has 1 aromatic carbocycles. The van der Waals surface area contributed by atoms with Gasteiger partial charge >= 0.3 is 0 Å². The molecular weight excluding hydrogens is 291 g/mol. The van der Waals surface area contributed by atoms with Crippen LogP contribution in [0.15, 0.2) is 24.4 Å². The molecule has 6 heteroatoms. The molecule has 0 radical (unpaired) electrons. The molecule has 0 aliphatic carbocycles. The van der Waals surface area contributed by atoms with E-state index < -0.39 is 17.8 Å². The molecule has 1 aliphatic rings. The van der Waals surface area contributed by atoms with Gasteiger partial charge in [-0.25, -0.2) is 13.2 Å². The highest BCUT2D eigenvalue weighted by Crippen LogP contribution is 2.22. The summed E-state index contributed by atoms with van der Waals surface area (Å²) in [6, 6.07) is 3.49. The molecule has 1 fully saturated rings. The number of pyridine rings is 1. The van der Waals surface area contributed by atoms with Gasteiger partial charge in [-0.3, -0.25) is 9.88 Å². The predicted octanol–water partition coefficient (Wildman–Crippen LogP) is 2.43. The summed E-state index contributed by atoms with van der Waals surface area (Å²) >= 11 is 0. The average Bonchev–Trinajstić information content (AvgIpc) is 2.48. The Morgan fingerprint density at radius 1 is 1.32 bits per heavy atom. The fourth-order valence-electron chi connectivity index (χ4n) is 2.92. The number of nitrogens with zero attached hydrogens (tertiary/aromatic N) is 2. The molecule has 1 aromatic heterocycles. The first-order chi connectivity index (χ1) is 10.5. The van der Waals surface area contributed by atoms with Gasteiger partial charge in [0, 0.05) is 36.8 Å². The van der Waals surface area contributed by atoms with Crippen LogP contribution in [0.2, 0.25) is 0 Å². The van der Waals surface area contributed by atoms with Crippen molar-refractivity contribution in [3.05, 3.63) is 41.6 Å². The molecule has 3 rings (SSSR count). The topological polar surface area (TPSA) is 42.1 Å². The van der Waals surface area contributed by atoms with Crippen molar-refractivity contribution in [2.75, 3.05) is 19.6 Å². The minimum absolute atomic E-state index is 0.169. The third-order valence-corrected chi connectivity index (χ3v) is 4.23. The zero-order valence-corrected chi connectivity index (χ0v) is 12.1. The molecule has 0 spiro atoms. The molecule has 2 N–H and O–H groups in total. The lowest BCUT2D eigenvalue weighted by molar-refractivity contribution is 0.121. The molecule has 1 saturated heterocycles. The van der Waals surface area contributed by atoms with E-state index in [1.807, 2.05) is 4.90 Å². The van der Waals surface area contributed by atoms with Crippen LogP contribution >= 0.6 is 0 Å². The summed E-state index contributed by atoms with van der Waals surface area (Å²) < 4.78 is 40.8. The lowest BCUT2D eigenvalue weighted by atomic mass is 10.0. The Morgan fingerprint density at radius 3 is 2.91 bits per heavy atom. The monoisotopic (exact) mass is 309 g/mol. The molecule has 2 aromatic rings. The van der Waals surface area contributed by atoms with Crippen molar-refractivity contribution in [2.45, 2.75) is 25.1 Å². The molecule has 0 unspecified atom stereocenters. The molecule has 0 bridgehead atoms. The van der Waals surface area contributed by atoms with Crippen LogP contribution < -0.4 is 5.73 Å². The Bertz CT molecular complexity index is 677. The maximum Gasteiger partial charge on any atom is 0.152 e. The van der Waals surface area contributed by atoms with Crippen LogP contribution in [-0.2, 0) is 6.42 Å². The normalized spacial score (nSPS) is 23.1. The molecule has 118 valence electrons. The number of alkyl halides is 1. The molecular formula is C16H18F3N3. The van der Waals surface area contributed by atoms with E-state index in [0.717, 1.165) is 18.2 Å². The summed E-state index contributed by atoms with van der Waals surface area (Å²) in [7, 11) is 0. The number of halogens is 3. The Kier molecular flexibility index (Phi) is 4.31. The van der Waals surface area contributed by atoms with E-state index in [0.29, 0.717) is 31.3 Å². The van der Waals surface area contributed by atoms with Gasteiger partial charge in [0.25, 0.3) is 0 Å². The van der Waals surface area contributed by atoms with Crippen molar-refractivity contribution in [2.24, 2.45) is 5.73 Å². The number of piperidine rings is 1. The first kappa shape index (κ1) is 15.2. The van der Waals surface area contributed by atoms with Crippen molar-refractivity contribution in [3.8, 4) is 0 Å². The van der Waals surface area contributed by atoms with Crippen molar-refractivity contribution in [1.82, 2.24) is 9.88 Å². The summed E-state index contributed by atoms with van der Waals surface area (Å²) in [5, 5.41) is 0.477. The molecule has 3 nitrogen and oxygen atoms in total. The third kappa shape index (κ3) is 3.08. The van der Waals surface area contributed by atoms with Crippen LogP contribution in [0.25, 0.3) is 10.9 Å². The Morgan fingerprint density at radius 2 is 2.14 bits per heavy atom. The van der Waals surface area contributed by atoms with Crippen LogP contribution in [0.1, 0.15) is 12.0 Å². The molecule has 2 atom stereocenters. The summed E-state index contributed by atoms with van der Waals surface area (Å²) in [4.78, 5) is 5.96. The van der Waals surface area contributed by atoms with Crippen LogP contribution in [0.4, 0.5) is 13.2 Å². The molecule has 22 heavy (non-hydrogen) atoms. The molecule has 0 amide bonds. The average molecular weight is 309 g/mol. The quantitative estimate of drug-likeness (QED) is 0.947. The van der Waals surface area contributed by atoms with Crippen LogP contribution in [0, 0.1) is 11.6 Å². The Labute approximate surface area is 126 Å². The number of aromatic nitrogens is 1. The number of hydrogen-bond acceptors (Lipinski definition) is 3. The van der Waals surface area contributed by atoms with E-state index in [1.54, 1.807) is 6.07 Å². The van der Waals surface area contributed by atoms with Gasteiger partial charge in [0.15, 0.2) is 5.82 Å². The zero-order valence-electron chi connectivity index (χ0n) is 12.1. The van der Waals surface area contributed by atoms with Gasteiger partial charge in [-0.05, 0) is 37.1 Å². The van der Waals surface area contributed by atoms with Gasteiger partial charge in [-0.15, -0.1) is 0 Å². The van der Waals surface area contributed by atoms with E-state index in [4.69, 9.17) is 5.73 Å². The Hall–Kier alpha value is -1.66. The second-order valence-corrected chi connectivity index (χ2v) is 5.77. The third-order valence-electron chi connectivity index (χ3n) is 4.23. The summed E-state index contributed by atoms with van der Waals surface area (Å²) in [6.07, 6.45) is 1.71. The second-order valence-electron chi connectivity index (χ2n) is 5.77. The van der Waals surface area contributed by atoms with Gasteiger partial charge in [-0.1, -0.05) is 0 Å². The van der Waals surface area contributed by atoms with Crippen LogP contribution in [0.5, 0.6) is 0 Å². The van der Waals surface area contributed by atoms with Crippen molar-refractivity contribution < 1.29 is 13.2 Å². The highest BCUT2D eigenvalue weighted by Gasteiger charge is 2.25. The molecule has 1 aliphatic heterocycles. The molecule has 2 heterocycles. The van der Waals surface area contributed by atoms with Gasteiger partial charge in [0.05, 0.1) is 0 Å². The summed E-state index contributed by atoms with van der Waals surface area (Å²) in [6.45, 7) is 1.69. The fraction of sp³-hybridized carbons (Fsp3) is 0.438. The smallest absolute Gasteiger partial charge is 0.152 e. The second kappa shape index (κ2) is 6.22. The van der Waals surface area contributed by atoms with Crippen molar-refractivity contribution in [3.63, 3.8) is 0 Å². The summed E-state index contributed by atoms with van der Waals surface area (Å²) in [5.41, 5.74) is 6.65. The molecule has 0 saturated carbocycles. The number of fused-ring (bicyclic) bond motifs is 1. The highest BCUT2D eigenvalue weighted by molar-refractivity contribution is 5.82. The lowest BCUT2D eigenvalue weighted by Gasteiger charge is -2.32. The van der Waals surface area contributed by atoms with Gasteiger partial charge in [0.2, 0.25) is 0 Å². The van der Waals surface area contributed by atoms with Gasteiger partial charge < -0.3 is 5.73 Å². The highest BCUT2D eigenvalue weighted by atomic mass is 19.1. The first-order valence-electron chi connectivity index (χ1n) is 7.39. The minimum atomic E-state index is -1.02. The number of nitrogens with two attached hydrogens (primary N) is 1. The number of likely N-dealkylation sites (tertiary alicyclic amines) is 1. The van der Waals surface area contributed by atoms with E-state index >= 15 is 0 Å². The van der Waals surface area contributed by atoms with Gasteiger partial charge in [0.1, 0.15) is 17.5 Å². The van der Waals surface area contributed by atoms with E-state index in [1.165, 1.54) is 12.3 Å². The standard InChI is InChI=1S/C16H18F3N3/c17-11-7-12-10(1-4-21-16(12)13(18)8-11)2-5-22-6-3-15(20)14(19)9-22/h1,4,7-8,14-15H,2-3,5-6,9,20H2/t14-,15+/m1/s1. The number of benzene rings is 1. The van der Waals surface area contributed by atoms with E-state index in [9.17, 15) is 13.2 Å². The fourth-order valence-corrected chi connectivity index (χ4v) is 2.92. The Balaban J connectivity index is 1.77. The first-order valence-corrected chi connectivity index (χ1v) is 7.39. The minimum Gasteiger partial charge on any atom is -0.325 e. The van der Waals surface area contributed by atoms with Crippen molar-refractivity contribution in [1.29, 1.82) is 0 Å². The number of rotatable bonds is 3. The maximum absolute atomic E-state index is 13.7. The lowest BCUT2D eigenvalue weighted by Crippen LogP contribution is -2.48. The van der Waals surface area contributed by atoms with E-state index in [2.05, 4.69) is 4.98 Å². The number of hydrogen-bond donors (Lipinski definition) is 1. The van der Waals surface area contributed by atoms with Crippen molar-refractivity contribution >= 4 is 10.9 Å². The summed E-state index contributed by atoms with van der Waals surface area (Å²) in [5.74, 6) is -1.28. The van der Waals surface area contributed by atoms with Gasteiger partial charge in [-0.2, -0.15) is 0 Å². The SMILES string of the molecule is N[C@H]1CCN(CCc2ccnc3c(F)cc(F)cc23)C[C@H]1F. The predicted molar refractivity (Wildman–Crippen MR) is 79.3 cm³/mol. The largest absolute Gasteiger partial charge is 0.325 e. The maximum atomic E-state index is 13.7. The van der Waals surface area contributed by atoms with Crippen LogP contribution in [-0.4, -0.2) is 41.7 Å². The zero-order chi connectivity index (χ0) is 15.7. The van der Waals surface area contributed by atoms with E-state index in [-0.39, 0.29) is 11.6 Å².